The second kappa shape index (κ2) is 15.3. The Kier molecular flexibility index (Phi) is 10.8. The van der Waals surface area contributed by atoms with E-state index in [1.54, 1.807) is 30.5 Å². The molecule has 1 atom stereocenters. The summed E-state index contributed by atoms with van der Waals surface area (Å²) >= 11 is 1.48. The molecule has 216 valence electrons. The number of piperazine rings is 1. The summed E-state index contributed by atoms with van der Waals surface area (Å²) in [6.45, 7) is 5.37. The number of hydrogen-bond acceptors (Lipinski definition) is 10. The van der Waals surface area contributed by atoms with Gasteiger partial charge in [0.05, 0.1) is 29.3 Å². The molecule has 0 bridgehead atoms. The molecule has 1 unspecified atom stereocenters. The number of carbonyl (C=O) groups excluding carboxylic acids is 1. The molecule has 9 nitrogen and oxygen atoms in total. The molecule has 2 aliphatic heterocycles. The van der Waals surface area contributed by atoms with Crippen LogP contribution in [-0.2, 0) is 16.1 Å². The molecule has 2 saturated heterocycles. The third-order valence-electron chi connectivity index (χ3n) is 6.95. The zero-order valence-electron chi connectivity index (χ0n) is 23.4. The Morgan fingerprint density at radius 2 is 1.95 bits per heavy atom. The first-order chi connectivity index (χ1) is 20.7. The largest absolute Gasteiger partial charge is 0.472 e. The minimum Gasteiger partial charge on any atom is -0.472 e. The standard InChI is InChI=1S/C32H33N5O4S/c33-21-25-9-11-28(12-10-25)42-29-22-34-32(35-31(29)41-24-27-7-5-6-26(20-27)23-38)37-16-14-36(15-17-37)13-2-4-19-40-30-8-1-3-18-39-30/h5-7,9-12,20,22-23,30H,1,3,8,13-19,24H2. The van der Waals surface area contributed by atoms with E-state index in [2.05, 4.69) is 32.7 Å². The van der Waals surface area contributed by atoms with Crippen molar-refractivity contribution < 1.29 is 19.0 Å². The van der Waals surface area contributed by atoms with Gasteiger partial charge in [0, 0.05) is 43.2 Å². The lowest BCUT2D eigenvalue weighted by atomic mass is 10.1. The lowest BCUT2D eigenvalue weighted by Crippen LogP contribution is -2.47. The lowest BCUT2D eigenvalue weighted by molar-refractivity contribution is -0.154. The maximum Gasteiger partial charge on any atom is 0.232 e. The van der Waals surface area contributed by atoms with Gasteiger partial charge in [-0.05, 0) is 55.2 Å². The Balaban J connectivity index is 1.20. The number of nitriles is 1. The van der Waals surface area contributed by atoms with Gasteiger partial charge in [-0.3, -0.25) is 9.69 Å². The number of aromatic nitrogens is 2. The fourth-order valence-corrected chi connectivity index (χ4v) is 5.43. The highest BCUT2D eigenvalue weighted by Crippen LogP contribution is 2.35. The van der Waals surface area contributed by atoms with E-state index in [1.807, 2.05) is 24.3 Å². The average Bonchev–Trinajstić information content (AvgIpc) is 3.05. The maximum atomic E-state index is 11.2. The van der Waals surface area contributed by atoms with E-state index in [0.717, 1.165) is 73.7 Å². The van der Waals surface area contributed by atoms with Crippen molar-refractivity contribution >= 4 is 24.0 Å². The number of anilines is 1. The maximum absolute atomic E-state index is 11.2. The van der Waals surface area contributed by atoms with E-state index in [4.69, 9.17) is 24.5 Å². The van der Waals surface area contributed by atoms with E-state index in [1.165, 1.54) is 11.8 Å². The number of carbonyl (C=O) groups is 1. The molecule has 3 aromatic rings. The predicted octanol–water partition coefficient (Wildman–Crippen LogP) is 4.56. The van der Waals surface area contributed by atoms with E-state index in [-0.39, 0.29) is 12.9 Å². The molecule has 10 heteroatoms. The van der Waals surface area contributed by atoms with Crippen LogP contribution in [0.15, 0.2) is 64.5 Å². The molecule has 0 radical (unpaired) electrons. The summed E-state index contributed by atoms with van der Waals surface area (Å²) in [7, 11) is 0. The zero-order valence-corrected chi connectivity index (χ0v) is 24.2. The molecule has 2 aliphatic rings. The first kappa shape index (κ1) is 29.6. The molecule has 5 rings (SSSR count). The van der Waals surface area contributed by atoms with Crippen LogP contribution in [0.4, 0.5) is 5.95 Å². The summed E-state index contributed by atoms with van der Waals surface area (Å²) in [4.78, 5) is 26.9. The Bertz CT molecular complexity index is 1440. The summed E-state index contributed by atoms with van der Waals surface area (Å²) < 4.78 is 17.5. The molecule has 0 N–H and O–H groups in total. The highest BCUT2D eigenvalue weighted by Gasteiger charge is 2.21. The van der Waals surface area contributed by atoms with Crippen LogP contribution in [-0.4, -0.2) is 73.4 Å². The number of hydrogen-bond donors (Lipinski definition) is 0. The van der Waals surface area contributed by atoms with Gasteiger partial charge in [0.1, 0.15) is 19.5 Å². The molecule has 0 spiro atoms. The van der Waals surface area contributed by atoms with Crippen molar-refractivity contribution in [1.82, 2.24) is 14.9 Å². The van der Waals surface area contributed by atoms with Crippen molar-refractivity contribution in [2.24, 2.45) is 0 Å². The zero-order chi connectivity index (χ0) is 29.0. The minimum absolute atomic E-state index is 0.110. The summed E-state index contributed by atoms with van der Waals surface area (Å²) in [5.41, 5.74) is 2.07. The number of rotatable bonds is 10. The number of aldehydes is 1. The highest BCUT2D eigenvalue weighted by atomic mass is 32.2. The SMILES string of the molecule is N#Cc1ccc(Sc2cnc(N3CCN(CC#CCOC4CCCCO4)CC3)nc2OCc2cccc(C=O)c2)cc1. The molecule has 0 amide bonds. The fourth-order valence-electron chi connectivity index (χ4n) is 4.61. The molecule has 0 saturated carbocycles. The number of ether oxygens (including phenoxy) is 3. The Morgan fingerprint density at radius 1 is 1.10 bits per heavy atom. The first-order valence-electron chi connectivity index (χ1n) is 14.1. The summed E-state index contributed by atoms with van der Waals surface area (Å²) in [5, 5.41) is 9.12. The van der Waals surface area contributed by atoms with Crippen LogP contribution >= 0.6 is 11.8 Å². The molecule has 2 aromatic carbocycles. The van der Waals surface area contributed by atoms with Gasteiger partial charge in [-0.25, -0.2) is 4.98 Å². The Labute approximate surface area is 250 Å². The van der Waals surface area contributed by atoms with Crippen molar-refractivity contribution in [2.75, 3.05) is 50.8 Å². The second-order valence-electron chi connectivity index (χ2n) is 9.95. The molecule has 1 aromatic heterocycles. The number of nitrogens with zero attached hydrogens (tertiary/aromatic N) is 5. The van der Waals surface area contributed by atoms with Crippen molar-refractivity contribution in [3.05, 3.63) is 71.4 Å². The third-order valence-corrected chi connectivity index (χ3v) is 7.95. The number of benzene rings is 2. The summed E-state index contributed by atoms with van der Waals surface area (Å²) in [6, 6.07) is 16.8. The molecular weight excluding hydrogens is 550 g/mol. The molecule has 0 aliphatic carbocycles. The monoisotopic (exact) mass is 583 g/mol. The van der Waals surface area contributed by atoms with Gasteiger partial charge in [0.25, 0.3) is 0 Å². The van der Waals surface area contributed by atoms with Gasteiger partial charge in [0.15, 0.2) is 6.29 Å². The van der Waals surface area contributed by atoms with Gasteiger partial charge < -0.3 is 19.1 Å². The van der Waals surface area contributed by atoms with E-state index >= 15 is 0 Å². The van der Waals surface area contributed by atoms with Crippen LogP contribution in [0.2, 0.25) is 0 Å². The molecular formula is C32H33N5O4S. The van der Waals surface area contributed by atoms with E-state index < -0.39 is 0 Å². The van der Waals surface area contributed by atoms with Crippen molar-refractivity contribution in [2.45, 2.75) is 42.0 Å². The van der Waals surface area contributed by atoms with Gasteiger partial charge in [-0.1, -0.05) is 41.8 Å². The van der Waals surface area contributed by atoms with Gasteiger partial charge in [-0.15, -0.1) is 0 Å². The lowest BCUT2D eigenvalue weighted by Gasteiger charge is -2.33. The van der Waals surface area contributed by atoms with Crippen LogP contribution in [0.25, 0.3) is 0 Å². The predicted molar refractivity (Wildman–Crippen MR) is 159 cm³/mol. The summed E-state index contributed by atoms with van der Waals surface area (Å²) in [5.74, 6) is 7.42. The fraction of sp³-hybridized carbons (Fsp3) is 0.375. The Morgan fingerprint density at radius 3 is 2.71 bits per heavy atom. The third kappa shape index (κ3) is 8.54. The van der Waals surface area contributed by atoms with Crippen LogP contribution in [0.5, 0.6) is 5.88 Å². The molecule has 2 fully saturated rings. The van der Waals surface area contributed by atoms with Gasteiger partial charge in [0.2, 0.25) is 11.8 Å². The van der Waals surface area contributed by atoms with Crippen molar-refractivity contribution in [1.29, 1.82) is 5.26 Å². The van der Waals surface area contributed by atoms with Gasteiger partial charge >= 0.3 is 0 Å². The first-order valence-corrected chi connectivity index (χ1v) is 14.9. The van der Waals surface area contributed by atoms with Crippen LogP contribution in [0, 0.1) is 23.2 Å². The van der Waals surface area contributed by atoms with Crippen LogP contribution < -0.4 is 9.64 Å². The minimum atomic E-state index is -0.110. The molecule has 42 heavy (non-hydrogen) atoms. The topological polar surface area (TPSA) is 101 Å². The van der Waals surface area contributed by atoms with Crippen molar-refractivity contribution in [3.63, 3.8) is 0 Å². The smallest absolute Gasteiger partial charge is 0.232 e. The van der Waals surface area contributed by atoms with E-state index in [0.29, 0.717) is 36.1 Å². The normalized spacial score (nSPS) is 17.1. The Hall–Kier alpha value is -3.93. The van der Waals surface area contributed by atoms with Crippen LogP contribution in [0.1, 0.15) is 40.7 Å². The van der Waals surface area contributed by atoms with Gasteiger partial charge in [-0.2, -0.15) is 10.2 Å². The average molecular weight is 584 g/mol. The van der Waals surface area contributed by atoms with Crippen molar-refractivity contribution in [3.8, 4) is 23.8 Å². The van der Waals surface area contributed by atoms with E-state index in [9.17, 15) is 4.79 Å². The van der Waals surface area contributed by atoms with Crippen LogP contribution in [0.3, 0.4) is 0 Å². The molecule has 3 heterocycles. The second-order valence-corrected chi connectivity index (χ2v) is 11.1. The quantitative estimate of drug-likeness (QED) is 0.249. The summed E-state index contributed by atoms with van der Waals surface area (Å²) in [6.07, 6.45) is 5.70. The highest BCUT2D eigenvalue weighted by molar-refractivity contribution is 7.99.